The number of nitrogens with two attached hydrogens (primary N) is 1. The van der Waals surface area contributed by atoms with E-state index in [4.69, 9.17) is 10.5 Å². The molecule has 0 aliphatic rings. The van der Waals surface area contributed by atoms with Gasteiger partial charge < -0.3 is 10.5 Å². The van der Waals surface area contributed by atoms with Crippen LogP contribution in [0.15, 0.2) is 29.8 Å². The van der Waals surface area contributed by atoms with E-state index < -0.39 is 0 Å². The van der Waals surface area contributed by atoms with E-state index in [1.165, 1.54) is 24.3 Å². The van der Waals surface area contributed by atoms with E-state index in [9.17, 15) is 9.59 Å². The van der Waals surface area contributed by atoms with Crippen molar-refractivity contribution in [3.8, 4) is 5.75 Å². The van der Waals surface area contributed by atoms with Crippen molar-refractivity contribution in [1.82, 2.24) is 4.98 Å². The first-order valence-corrected chi connectivity index (χ1v) is 6.67. The van der Waals surface area contributed by atoms with E-state index in [2.05, 4.69) is 10.3 Å². The highest BCUT2D eigenvalue weighted by Crippen LogP contribution is 2.22. The zero-order valence-electron chi connectivity index (χ0n) is 10.8. The van der Waals surface area contributed by atoms with Crippen molar-refractivity contribution >= 4 is 33.8 Å². The molecule has 0 saturated carbocycles. The molecule has 7 heteroatoms. The highest BCUT2D eigenvalue weighted by molar-refractivity contribution is 7.13. The minimum absolute atomic E-state index is 0.0789. The first kappa shape index (κ1) is 14.0. The SMILES string of the molecule is CC(=O)c1ccc(OCC(=O)Nc2nccs2)c(N)c1. The quantitative estimate of drug-likeness (QED) is 0.648. The number of thiazole rings is 1. The number of carbonyl (C=O) groups excluding carboxylic acids is 2. The molecule has 0 bridgehead atoms. The molecule has 0 atom stereocenters. The molecule has 1 heterocycles. The Morgan fingerprint density at radius 1 is 1.45 bits per heavy atom. The first-order chi connectivity index (χ1) is 9.56. The Labute approximate surface area is 119 Å². The van der Waals surface area contributed by atoms with Crippen LogP contribution in [0.3, 0.4) is 0 Å². The van der Waals surface area contributed by atoms with E-state index >= 15 is 0 Å². The monoisotopic (exact) mass is 291 g/mol. The molecule has 0 spiro atoms. The summed E-state index contributed by atoms with van der Waals surface area (Å²) < 4.78 is 5.31. The maximum atomic E-state index is 11.6. The van der Waals surface area contributed by atoms with Gasteiger partial charge in [-0.1, -0.05) is 0 Å². The summed E-state index contributed by atoms with van der Waals surface area (Å²) in [4.78, 5) is 26.7. The maximum Gasteiger partial charge on any atom is 0.264 e. The number of ketones is 1. The lowest BCUT2D eigenvalue weighted by Gasteiger charge is -2.09. The van der Waals surface area contributed by atoms with Gasteiger partial charge in [0.05, 0.1) is 5.69 Å². The average Bonchev–Trinajstić information content (AvgIpc) is 2.90. The summed E-state index contributed by atoms with van der Waals surface area (Å²) in [6.07, 6.45) is 1.60. The van der Waals surface area contributed by atoms with Crippen molar-refractivity contribution in [3.63, 3.8) is 0 Å². The van der Waals surface area contributed by atoms with E-state index in [0.29, 0.717) is 22.1 Å². The number of aromatic nitrogens is 1. The van der Waals surface area contributed by atoms with Gasteiger partial charge in [-0.15, -0.1) is 11.3 Å². The lowest BCUT2D eigenvalue weighted by molar-refractivity contribution is -0.118. The van der Waals surface area contributed by atoms with Gasteiger partial charge >= 0.3 is 0 Å². The molecule has 0 fully saturated rings. The smallest absolute Gasteiger partial charge is 0.264 e. The van der Waals surface area contributed by atoms with Crippen LogP contribution in [-0.4, -0.2) is 23.3 Å². The van der Waals surface area contributed by atoms with Gasteiger partial charge in [0.25, 0.3) is 5.91 Å². The summed E-state index contributed by atoms with van der Waals surface area (Å²) in [5, 5.41) is 4.86. The van der Waals surface area contributed by atoms with Gasteiger partial charge in [0.2, 0.25) is 0 Å². The lowest BCUT2D eigenvalue weighted by Crippen LogP contribution is -2.20. The Hall–Kier alpha value is -2.41. The van der Waals surface area contributed by atoms with E-state index in [1.807, 2.05) is 0 Å². The van der Waals surface area contributed by atoms with Gasteiger partial charge in [-0.2, -0.15) is 0 Å². The number of anilines is 2. The summed E-state index contributed by atoms with van der Waals surface area (Å²) in [5.41, 5.74) is 6.58. The molecule has 0 saturated heterocycles. The Bertz CT molecular complexity index is 626. The van der Waals surface area contributed by atoms with Crippen LogP contribution in [0.5, 0.6) is 5.75 Å². The summed E-state index contributed by atoms with van der Waals surface area (Å²) in [7, 11) is 0. The maximum absolute atomic E-state index is 11.6. The number of nitrogens with zero attached hydrogens (tertiary/aromatic N) is 1. The first-order valence-electron chi connectivity index (χ1n) is 5.79. The molecule has 0 aliphatic carbocycles. The molecule has 2 rings (SSSR count). The number of hydrogen-bond donors (Lipinski definition) is 2. The topological polar surface area (TPSA) is 94.3 Å². The summed E-state index contributed by atoms with van der Waals surface area (Å²) in [6, 6.07) is 4.70. The fourth-order valence-corrected chi connectivity index (χ4v) is 2.03. The Balaban J connectivity index is 1.93. The lowest BCUT2D eigenvalue weighted by atomic mass is 10.1. The van der Waals surface area contributed by atoms with E-state index in [-0.39, 0.29) is 18.3 Å². The number of ether oxygens (including phenoxy) is 1. The fraction of sp³-hybridized carbons (Fsp3) is 0.154. The zero-order chi connectivity index (χ0) is 14.5. The van der Waals surface area contributed by atoms with Gasteiger partial charge in [-0.05, 0) is 25.1 Å². The number of rotatable bonds is 5. The van der Waals surface area contributed by atoms with Gasteiger partial charge in [-0.3, -0.25) is 14.9 Å². The normalized spacial score (nSPS) is 10.1. The molecule has 3 N–H and O–H groups in total. The average molecular weight is 291 g/mol. The van der Waals surface area contributed by atoms with Crippen LogP contribution in [0.25, 0.3) is 0 Å². The van der Waals surface area contributed by atoms with Crippen molar-refractivity contribution in [2.24, 2.45) is 0 Å². The molecule has 0 unspecified atom stereocenters. The molecule has 1 amide bonds. The molecular formula is C13H13N3O3S. The van der Waals surface area contributed by atoms with E-state index in [0.717, 1.165) is 0 Å². The summed E-state index contributed by atoms with van der Waals surface area (Å²) >= 11 is 1.32. The van der Waals surface area contributed by atoms with Crippen LogP contribution in [0.4, 0.5) is 10.8 Å². The molecule has 2 aromatic rings. The molecule has 20 heavy (non-hydrogen) atoms. The van der Waals surface area contributed by atoms with Crippen LogP contribution in [0.1, 0.15) is 17.3 Å². The van der Waals surface area contributed by atoms with E-state index in [1.54, 1.807) is 23.7 Å². The van der Waals surface area contributed by atoms with Crippen LogP contribution in [0.2, 0.25) is 0 Å². The van der Waals surface area contributed by atoms with Crippen molar-refractivity contribution < 1.29 is 14.3 Å². The van der Waals surface area contributed by atoms with Crippen molar-refractivity contribution in [3.05, 3.63) is 35.3 Å². The number of hydrogen-bond acceptors (Lipinski definition) is 6. The minimum atomic E-state index is -0.324. The van der Waals surface area contributed by atoms with Gasteiger partial charge in [0.1, 0.15) is 5.75 Å². The Morgan fingerprint density at radius 3 is 2.85 bits per heavy atom. The fourth-order valence-electron chi connectivity index (χ4n) is 1.48. The van der Waals surface area contributed by atoms with Crippen LogP contribution in [-0.2, 0) is 4.79 Å². The summed E-state index contributed by atoms with van der Waals surface area (Å²) in [6.45, 7) is 1.28. The Morgan fingerprint density at radius 2 is 2.25 bits per heavy atom. The van der Waals surface area contributed by atoms with Crippen LogP contribution >= 0.6 is 11.3 Å². The number of Topliss-reactive ketones (excluding diaryl/α,β-unsaturated/α-hetero) is 1. The number of benzene rings is 1. The zero-order valence-corrected chi connectivity index (χ0v) is 11.6. The third kappa shape index (κ3) is 3.55. The standard InChI is InChI=1S/C13H13N3O3S/c1-8(17)9-2-3-11(10(14)6-9)19-7-12(18)16-13-15-4-5-20-13/h2-6H,7,14H2,1H3,(H,15,16,18). The van der Waals surface area contributed by atoms with Crippen LogP contribution < -0.4 is 15.8 Å². The second-order valence-electron chi connectivity index (χ2n) is 3.98. The molecule has 0 radical (unpaired) electrons. The Kier molecular flexibility index (Phi) is 4.31. The number of nitrogens with one attached hydrogen (secondary N) is 1. The van der Waals surface area contributed by atoms with Gasteiger partial charge in [0.15, 0.2) is 17.5 Å². The molecule has 1 aromatic carbocycles. The largest absolute Gasteiger partial charge is 0.482 e. The molecule has 0 aliphatic heterocycles. The third-order valence-electron chi connectivity index (χ3n) is 2.45. The predicted octanol–water partition coefficient (Wildman–Crippen LogP) is 1.95. The minimum Gasteiger partial charge on any atom is -0.482 e. The number of carbonyl (C=O) groups is 2. The molecular weight excluding hydrogens is 278 g/mol. The summed E-state index contributed by atoms with van der Waals surface area (Å²) in [5.74, 6) is -0.0379. The number of amides is 1. The molecule has 1 aromatic heterocycles. The highest BCUT2D eigenvalue weighted by Gasteiger charge is 2.08. The second kappa shape index (κ2) is 6.16. The van der Waals surface area contributed by atoms with Gasteiger partial charge in [0, 0.05) is 17.1 Å². The highest BCUT2D eigenvalue weighted by atomic mass is 32.1. The van der Waals surface area contributed by atoms with Gasteiger partial charge in [-0.25, -0.2) is 4.98 Å². The molecule has 104 valence electrons. The predicted molar refractivity (Wildman–Crippen MR) is 77.1 cm³/mol. The van der Waals surface area contributed by atoms with Crippen molar-refractivity contribution in [2.45, 2.75) is 6.92 Å². The van der Waals surface area contributed by atoms with Crippen molar-refractivity contribution in [1.29, 1.82) is 0 Å². The second-order valence-corrected chi connectivity index (χ2v) is 4.88. The number of nitrogen functional groups attached to an aromatic ring is 1. The molecule has 6 nitrogen and oxygen atoms in total. The van der Waals surface area contributed by atoms with Crippen molar-refractivity contribution in [2.75, 3.05) is 17.7 Å². The third-order valence-corrected chi connectivity index (χ3v) is 3.14. The van der Waals surface area contributed by atoms with Crippen LogP contribution in [0, 0.1) is 0 Å².